The first-order chi connectivity index (χ1) is 8.99. The number of hydrogen-bond acceptors (Lipinski definition) is 2. The molecule has 0 amide bonds. The lowest BCUT2D eigenvalue weighted by molar-refractivity contribution is -0.296. The highest BCUT2D eigenvalue weighted by Crippen LogP contribution is 2.43. The summed E-state index contributed by atoms with van der Waals surface area (Å²) in [5, 5.41) is 9.88. The first-order valence-corrected chi connectivity index (χ1v) is 5.90. The van der Waals surface area contributed by atoms with E-state index in [4.69, 9.17) is 4.74 Å². The van der Waals surface area contributed by atoms with Crippen LogP contribution in [-0.4, -0.2) is 23.8 Å². The molecule has 1 aromatic carbocycles. The molecule has 20 heavy (non-hydrogen) atoms. The van der Waals surface area contributed by atoms with Crippen LogP contribution < -0.4 is 4.74 Å². The van der Waals surface area contributed by atoms with Crippen molar-refractivity contribution in [2.45, 2.75) is 38.0 Å². The van der Waals surface area contributed by atoms with Gasteiger partial charge in [-0.2, -0.15) is 22.0 Å². The quantitative estimate of drug-likeness (QED) is 0.836. The van der Waals surface area contributed by atoms with E-state index in [2.05, 4.69) is 0 Å². The summed E-state index contributed by atoms with van der Waals surface area (Å²) in [5.41, 5.74) is -2.34. The van der Waals surface area contributed by atoms with Crippen LogP contribution in [0.2, 0.25) is 0 Å². The van der Waals surface area contributed by atoms with Crippen molar-refractivity contribution < 1.29 is 31.8 Å². The molecule has 0 fully saturated rings. The van der Waals surface area contributed by atoms with Gasteiger partial charge < -0.3 is 9.84 Å². The van der Waals surface area contributed by atoms with Crippen LogP contribution in [-0.2, 0) is 5.60 Å². The second-order valence-corrected chi connectivity index (χ2v) is 4.61. The highest BCUT2D eigenvalue weighted by atomic mass is 19.4. The lowest BCUT2D eigenvalue weighted by Gasteiger charge is -2.30. The zero-order valence-corrected chi connectivity index (χ0v) is 11.0. The van der Waals surface area contributed by atoms with Crippen molar-refractivity contribution >= 4 is 0 Å². The van der Waals surface area contributed by atoms with Gasteiger partial charge in [0.2, 0.25) is 0 Å². The molecule has 1 rings (SSSR count). The minimum absolute atomic E-state index is 0.0371. The highest BCUT2D eigenvalue weighted by Gasteiger charge is 2.59. The Kier molecular flexibility index (Phi) is 4.63. The predicted octanol–water partition coefficient (Wildman–Crippen LogP) is 3.88. The van der Waals surface area contributed by atoms with Gasteiger partial charge in [-0.05, 0) is 31.5 Å². The van der Waals surface area contributed by atoms with Gasteiger partial charge in [0, 0.05) is 0 Å². The largest absolute Gasteiger partial charge is 0.494 e. The Morgan fingerprint density at radius 3 is 1.95 bits per heavy atom. The van der Waals surface area contributed by atoms with Gasteiger partial charge in [-0.1, -0.05) is 12.1 Å². The van der Waals surface area contributed by atoms with Crippen molar-refractivity contribution in [2.24, 2.45) is 0 Å². The molecule has 7 heteroatoms. The van der Waals surface area contributed by atoms with Gasteiger partial charge in [0.1, 0.15) is 5.75 Å². The zero-order chi connectivity index (χ0) is 15.6. The van der Waals surface area contributed by atoms with E-state index in [1.165, 1.54) is 24.3 Å². The van der Waals surface area contributed by atoms with Gasteiger partial charge in [-0.3, -0.25) is 0 Å². The molecule has 0 bridgehead atoms. The van der Waals surface area contributed by atoms with E-state index in [1.54, 1.807) is 6.92 Å². The van der Waals surface area contributed by atoms with Crippen LogP contribution in [0.5, 0.6) is 5.75 Å². The molecule has 0 spiro atoms. The van der Waals surface area contributed by atoms with Crippen LogP contribution in [0.25, 0.3) is 0 Å². The number of hydrogen-bond donors (Lipinski definition) is 1. The van der Waals surface area contributed by atoms with Gasteiger partial charge in [0.15, 0.2) is 0 Å². The summed E-state index contributed by atoms with van der Waals surface area (Å²) in [6.07, 6.45) is -7.43. The number of benzene rings is 1. The average molecular weight is 298 g/mol. The minimum Gasteiger partial charge on any atom is -0.494 e. The Hall–Kier alpha value is -1.37. The third-order valence-electron chi connectivity index (χ3n) is 2.77. The molecule has 1 N–H and O–H groups in total. The van der Waals surface area contributed by atoms with E-state index in [-0.39, 0.29) is 5.56 Å². The van der Waals surface area contributed by atoms with Crippen LogP contribution in [0, 0.1) is 0 Å². The van der Waals surface area contributed by atoms with E-state index >= 15 is 0 Å². The van der Waals surface area contributed by atoms with Crippen molar-refractivity contribution in [3.63, 3.8) is 0 Å². The fourth-order valence-corrected chi connectivity index (χ4v) is 1.71. The maximum Gasteiger partial charge on any atom is 0.453 e. The van der Waals surface area contributed by atoms with Crippen molar-refractivity contribution in [3.05, 3.63) is 29.8 Å². The summed E-state index contributed by atoms with van der Waals surface area (Å²) in [5.74, 6) is -4.52. The molecule has 1 aromatic rings. The molecule has 0 aliphatic rings. The number of alkyl halides is 5. The van der Waals surface area contributed by atoms with Gasteiger partial charge in [0.05, 0.1) is 18.6 Å². The summed E-state index contributed by atoms with van der Waals surface area (Å²) in [7, 11) is 0. The smallest absolute Gasteiger partial charge is 0.453 e. The number of halogens is 5. The maximum absolute atomic E-state index is 13.0. The number of aliphatic hydroxyl groups is 1. The molecule has 2 nitrogen and oxygen atoms in total. The molecular weight excluding hydrogens is 283 g/mol. The first-order valence-electron chi connectivity index (χ1n) is 5.90. The SMILES string of the molecule is CCOc1ccc(C(C)(O)CC(F)(F)C(F)(F)F)cc1. The Bertz CT molecular complexity index is 437. The van der Waals surface area contributed by atoms with Gasteiger partial charge in [0.25, 0.3) is 0 Å². The molecule has 114 valence electrons. The summed E-state index contributed by atoms with van der Waals surface area (Å²) < 4.78 is 67.6. The van der Waals surface area contributed by atoms with Crippen molar-refractivity contribution in [1.82, 2.24) is 0 Å². The molecule has 0 saturated carbocycles. The van der Waals surface area contributed by atoms with Gasteiger partial charge in [-0.25, -0.2) is 0 Å². The van der Waals surface area contributed by atoms with E-state index in [0.717, 1.165) is 6.92 Å². The second-order valence-electron chi connectivity index (χ2n) is 4.61. The third kappa shape index (κ3) is 3.82. The molecule has 1 unspecified atom stereocenters. The summed E-state index contributed by atoms with van der Waals surface area (Å²) in [4.78, 5) is 0. The summed E-state index contributed by atoms with van der Waals surface area (Å²) >= 11 is 0. The molecule has 0 saturated heterocycles. The molecular formula is C13H15F5O2. The molecule has 0 aliphatic carbocycles. The first kappa shape index (κ1) is 16.7. The predicted molar refractivity (Wildman–Crippen MR) is 62.8 cm³/mol. The number of rotatable bonds is 5. The zero-order valence-electron chi connectivity index (χ0n) is 11.0. The molecule has 0 heterocycles. The van der Waals surface area contributed by atoms with Crippen LogP contribution in [0.1, 0.15) is 25.8 Å². The van der Waals surface area contributed by atoms with Crippen LogP contribution in [0.3, 0.4) is 0 Å². The number of ether oxygens (including phenoxy) is 1. The van der Waals surface area contributed by atoms with Crippen LogP contribution >= 0.6 is 0 Å². The van der Waals surface area contributed by atoms with Crippen molar-refractivity contribution in [1.29, 1.82) is 0 Å². The van der Waals surface area contributed by atoms with Crippen LogP contribution in [0.4, 0.5) is 22.0 Å². The normalized spacial score (nSPS) is 15.8. The Balaban J connectivity index is 2.93. The fourth-order valence-electron chi connectivity index (χ4n) is 1.71. The molecule has 1 atom stereocenters. The molecule has 0 radical (unpaired) electrons. The maximum atomic E-state index is 13.0. The lowest BCUT2D eigenvalue weighted by atomic mass is 9.89. The van der Waals surface area contributed by atoms with Crippen molar-refractivity contribution in [3.8, 4) is 5.75 Å². The Morgan fingerprint density at radius 2 is 1.55 bits per heavy atom. The third-order valence-corrected chi connectivity index (χ3v) is 2.77. The summed E-state index contributed by atoms with van der Waals surface area (Å²) in [6.45, 7) is 3.05. The lowest BCUT2D eigenvalue weighted by Crippen LogP contribution is -2.42. The highest BCUT2D eigenvalue weighted by molar-refractivity contribution is 5.30. The van der Waals surface area contributed by atoms with E-state index in [0.29, 0.717) is 12.4 Å². The molecule has 0 aromatic heterocycles. The van der Waals surface area contributed by atoms with Crippen molar-refractivity contribution in [2.75, 3.05) is 6.61 Å². The topological polar surface area (TPSA) is 29.5 Å². The van der Waals surface area contributed by atoms with Gasteiger partial charge >= 0.3 is 12.1 Å². The van der Waals surface area contributed by atoms with E-state index in [9.17, 15) is 27.1 Å². The second kappa shape index (κ2) is 5.55. The fraction of sp³-hybridized carbons (Fsp3) is 0.538. The van der Waals surface area contributed by atoms with E-state index in [1.807, 2.05) is 0 Å². The average Bonchev–Trinajstić information content (AvgIpc) is 2.27. The standard InChI is InChI=1S/C13H15F5O2/c1-3-20-10-6-4-9(5-7-10)11(2,19)8-12(14,15)13(16,17)18/h4-7,19H,3,8H2,1-2H3. The minimum atomic E-state index is -5.69. The van der Waals surface area contributed by atoms with Crippen LogP contribution in [0.15, 0.2) is 24.3 Å². The summed E-state index contributed by atoms with van der Waals surface area (Å²) in [6, 6.07) is 5.33. The monoisotopic (exact) mass is 298 g/mol. The van der Waals surface area contributed by atoms with E-state index < -0.39 is 24.1 Å². The Morgan fingerprint density at radius 1 is 1.05 bits per heavy atom. The van der Waals surface area contributed by atoms with Gasteiger partial charge in [-0.15, -0.1) is 0 Å². The molecule has 0 aliphatic heterocycles. The Labute approximate surface area is 113 Å².